The maximum atomic E-state index is 12.0. The zero-order valence-electron chi connectivity index (χ0n) is 10.2. The molecular weight excluding hydrogens is 335 g/mol. The van der Waals surface area contributed by atoms with Crippen LogP contribution in [0.2, 0.25) is 0 Å². The standard InChI is InChI=1S/C14H11BrF3NO/c15-11-3-1-10(2-4-11)9-19-12-5-7-13(8-6-12)20-14(16,17)18/h1-8,19H,9H2. The molecule has 6 heteroatoms. The summed E-state index contributed by atoms with van der Waals surface area (Å²) in [5.41, 5.74) is 1.80. The Bertz CT molecular complexity index is 552. The largest absolute Gasteiger partial charge is 0.573 e. The molecule has 0 radical (unpaired) electrons. The van der Waals surface area contributed by atoms with E-state index in [0.29, 0.717) is 6.54 Å². The molecule has 0 aliphatic carbocycles. The summed E-state index contributed by atoms with van der Waals surface area (Å²) < 4.78 is 40.8. The minimum atomic E-state index is -4.66. The molecule has 0 saturated carbocycles. The van der Waals surface area contributed by atoms with Crippen LogP contribution in [0, 0.1) is 0 Å². The third kappa shape index (κ3) is 4.77. The van der Waals surface area contributed by atoms with E-state index in [2.05, 4.69) is 26.0 Å². The molecule has 0 heterocycles. The molecule has 0 aliphatic rings. The highest BCUT2D eigenvalue weighted by atomic mass is 79.9. The van der Waals surface area contributed by atoms with Crippen LogP contribution in [0.15, 0.2) is 53.0 Å². The van der Waals surface area contributed by atoms with Crippen molar-refractivity contribution in [2.45, 2.75) is 12.9 Å². The molecule has 0 bridgehead atoms. The summed E-state index contributed by atoms with van der Waals surface area (Å²) in [6.45, 7) is 0.590. The molecule has 20 heavy (non-hydrogen) atoms. The minimum Gasteiger partial charge on any atom is -0.406 e. The van der Waals surface area contributed by atoms with Crippen molar-refractivity contribution < 1.29 is 17.9 Å². The Labute approximate surface area is 122 Å². The van der Waals surface area contributed by atoms with Crippen LogP contribution in [0.1, 0.15) is 5.56 Å². The van der Waals surface area contributed by atoms with Crippen LogP contribution < -0.4 is 10.1 Å². The second kappa shape index (κ2) is 6.17. The Hall–Kier alpha value is -1.69. The number of anilines is 1. The number of hydrogen-bond donors (Lipinski definition) is 1. The summed E-state index contributed by atoms with van der Waals surface area (Å²) in [6.07, 6.45) is -4.66. The van der Waals surface area contributed by atoms with Gasteiger partial charge in [0.2, 0.25) is 0 Å². The fraction of sp³-hybridized carbons (Fsp3) is 0.143. The summed E-state index contributed by atoms with van der Waals surface area (Å²) >= 11 is 3.35. The molecule has 0 fully saturated rings. The number of halogens is 4. The second-order valence-electron chi connectivity index (χ2n) is 4.05. The number of rotatable bonds is 4. The molecular formula is C14H11BrF3NO. The van der Waals surface area contributed by atoms with E-state index in [1.807, 2.05) is 24.3 Å². The summed E-state index contributed by atoms with van der Waals surface area (Å²) in [7, 11) is 0. The smallest absolute Gasteiger partial charge is 0.406 e. The van der Waals surface area contributed by atoms with Crippen molar-refractivity contribution >= 4 is 21.6 Å². The Morgan fingerprint density at radius 2 is 1.55 bits per heavy atom. The molecule has 2 rings (SSSR count). The van der Waals surface area contributed by atoms with Gasteiger partial charge < -0.3 is 10.1 Å². The number of ether oxygens (including phenoxy) is 1. The van der Waals surface area contributed by atoms with Gasteiger partial charge in [0, 0.05) is 16.7 Å². The third-order valence-electron chi connectivity index (χ3n) is 2.50. The first-order valence-corrected chi connectivity index (χ1v) is 6.56. The first kappa shape index (κ1) is 14.7. The van der Waals surface area contributed by atoms with E-state index < -0.39 is 6.36 Å². The molecule has 0 amide bonds. The van der Waals surface area contributed by atoms with E-state index in [-0.39, 0.29) is 5.75 Å². The third-order valence-corrected chi connectivity index (χ3v) is 3.03. The van der Waals surface area contributed by atoms with Crippen LogP contribution >= 0.6 is 15.9 Å². The highest BCUT2D eigenvalue weighted by molar-refractivity contribution is 9.10. The van der Waals surface area contributed by atoms with Gasteiger partial charge in [0.15, 0.2) is 0 Å². The van der Waals surface area contributed by atoms with E-state index in [9.17, 15) is 13.2 Å². The molecule has 0 aliphatic heterocycles. The van der Waals surface area contributed by atoms with E-state index in [4.69, 9.17) is 0 Å². The Balaban J connectivity index is 1.92. The van der Waals surface area contributed by atoms with Gasteiger partial charge in [-0.1, -0.05) is 28.1 Å². The van der Waals surface area contributed by atoms with E-state index >= 15 is 0 Å². The number of hydrogen-bond acceptors (Lipinski definition) is 2. The molecule has 0 aromatic heterocycles. The summed E-state index contributed by atoms with van der Waals surface area (Å²) in [4.78, 5) is 0. The Kier molecular flexibility index (Phi) is 4.54. The lowest BCUT2D eigenvalue weighted by molar-refractivity contribution is -0.274. The predicted octanol–water partition coefficient (Wildman–Crippen LogP) is 4.96. The van der Waals surface area contributed by atoms with Gasteiger partial charge >= 0.3 is 6.36 Å². The minimum absolute atomic E-state index is 0.230. The van der Waals surface area contributed by atoms with Gasteiger partial charge in [-0.25, -0.2) is 0 Å². The van der Waals surface area contributed by atoms with Crippen LogP contribution in [0.25, 0.3) is 0 Å². The topological polar surface area (TPSA) is 21.3 Å². The quantitative estimate of drug-likeness (QED) is 0.845. The van der Waals surface area contributed by atoms with Crippen molar-refractivity contribution in [3.63, 3.8) is 0 Å². The molecule has 0 saturated heterocycles. The predicted molar refractivity (Wildman–Crippen MR) is 74.6 cm³/mol. The molecule has 0 unspecified atom stereocenters. The summed E-state index contributed by atoms with van der Waals surface area (Å²) in [5.74, 6) is -0.230. The lowest BCUT2D eigenvalue weighted by Crippen LogP contribution is -2.17. The molecule has 2 aromatic rings. The SMILES string of the molecule is FC(F)(F)Oc1ccc(NCc2ccc(Br)cc2)cc1. The van der Waals surface area contributed by atoms with Crippen molar-refractivity contribution in [3.05, 3.63) is 58.6 Å². The number of nitrogens with one attached hydrogen (secondary N) is 1. The van der Waals surface area contributed by atoms with Gasteiger partial charge in [-0.15, -0.1) is 13.2 Å². The average Bonchev–Trinajstić information content (AvgIpc) is 2.38. The Morgan fingerprint density at radius 3 is 2.10 bits per heavy atom. The Morgan fingerprint density at radius 1 is 0.950 bits per heavy atom. The van der Waals surface area contributed by atoms with E-state index in [1.54, 1.807) is 12.1 Å². The molecule has 2 nitrogen and oxygen atoms in total. The summed E-state index contributed by atoms with van der Waals surface area (Å²) in [6, 6.07) is 13.4. The first-order chi connectivity index (χ1) is 9.42. The molecule has 2 aromatic carbocycles. The maximum Gasteiger partial charge on any atom is 0.573 e. The fourth-order valence-corrected chi connectivity index (χ4v) is 1.85. The van der Waals surface area contributed by atoms with Crippen molar-refractivity contribution in [1.29, 1.82) is 0 Å². The van der Waals surface area contributed by atoms with Gasteiger partial charge in [-0.3, -0.25) is 0 Å². The average molecular weight is 346 g/mol. The lowest BCUT2D eigenvalue weighted by atomic mass is 10.2. The number of benzene rings is 2. The summed E-state index contributed by atoms with van der Waals surface area (Å²) in [5, 5.41) is 3.12. The zero-order valence-corrected chi connectivity index (χ0v) is 11.8. The van der Waals surface area contributed by atoms with Crippen molar-refractivity contribution in [2.24, 2.45) is 0 Å². The van der Waals surface area contributed by atoms with Gasteiger partial charge in [-0.2, -0.15) is 0 Å². The molecule has 0 atom stereocenters. The highest BCUT2D eigenvalue weighted by Crippen LogP contribution is 2.24. The molecule has 1 N–H and O–H groups in total. The fourth-order valence-electron chi connectivity index (χ4n) is 1.58. The lowest BCUT2D eigenvalue weighted by Gasteiger charge is -2.10. The van der Waals surface area contributed by atoms with Crippen molar-refractivity contribution in [3.8, 4) is 5.75 Å². The van der Waals surface area contributed by atoms with Gasteiger partial charge in [0.1, 0.15) is 5.75 Å². The van der Waals surface area contributed by atoms with Gasteiger partial charge in [0.25, 0.3) is 0 Å². The van der Waals surface area contributed by atoms with Gasteiger partial charge in [-0.05, 0) is 42.0 Å². The highest BCUT2D eigenvalue weighted by Gasteiger charge is 2.30. The second-order valence-corrected chi connectivity index (χ2v) is 4.97. The van der Waals surface area contributed by atoms with Crippen LogP contribution in [-0.4, -0.2) is 6.36 Å². The van der Waals surface area contributed by atoms with Crippen LogP contribution in [0.4, 0.5) is 18.9 Å². The van der Waals surface area contributed by atoms with E-state index in [1.165, 1.54) is 12.1 Å². The van der Waals surface area contributed by atoms with Gasteiger partial charge in [0.05, 0.1) is 0 Å². The monoisotopic (exact) mass is 345 g/mol. The van der Waals surface area contributed by atoms with Crippen molar-refractivity contribution in [2.75, 3.05) is 5.32 Å². The van der Waals surface area contributed by atoms with Crippen LogP contribution in [-0.2, 0) is 6.54 Å². The number of alkyl halides is 3. The van der Waals surface area contributed by atoms with Crippen LogP contribution in [0.3, 0.4) is 0 Å². The maximum absolute atomic E-state index is 12.0. The van der Waals surface area contributed by atoms with Crippen molar-refractivity contribution in [1.82, 2.24) is 0 Å². The first-order valence-electron chi connectivity index (χ1n) is 5.76. The molecule has 106 valence electrons. The normalized spacial score (nSPS) is 11.2. The zero-order chi connectivity index (χ0) is 14.6. The molecule has 0 spiro atoms. The van der Waals surface area contributed by atoms with E-state index in [0.717, 1.165) is 15.7 Å². The van der Waals surface area contributed by atoms with Crippen LogP contribution in [0.5, 0.6) is 5.75 Å².